The van der Waals surface area contributed by atoms with Gasteiger partial charge in [-0.15, -0.1) is 0 Å². The van der Waals surface area contributed by atoms with Crippen LogP contribution >= 0.6 is 0 Å². The summed E-state index contributed by atoms with van der Waals surface area (Å²) in [5.74, 6) is 0.240. The second kappa shape index (κ2) is 4.25. The predicted octanol–water partition coefficient (Wildman–Crippen LogP) is 2.61. The molecular formula is C11H14F3N3. The van der Waals surface area contributed by atoms with Gasteiger partial charge >= 0.3 is 6.18 Å². The van der Waals surface area contributed by atoms with E-state index in [1.165, 1.54) is 0 Å². The molecule has 0 bridgehead atoms. The van der Waals surface area contributed by atoms with Gasteiger partial charge in [0.25, 0.3) is 0 Å². The lowest BCUT2D eigenvalue weighted by Gasteiger charge is -2.14. The van der Waals surface area contributed by atoms with Crippen LogP contribution in [0.15, 0.2) is 0 Å². The molecule has 0 saturated carbocycles. The summed E-state index contributed by atoms with van der Waals surface area (Å²) in [4.78, 5) is 7.93. The largest absolute Gasteiger partial charge is 0.433 e. The van der Waals surface area contributed by atoms with Crippen molar-refractivity contribution in [3.63, 3.8) is 0 Å². The second-order valence-electron chi connectivity index (χ2n) is 4.27. The molecule has 0 aliphatic carbocycles. The van der Waals surface area contributed by atoms with Crippen molar-refractivity contribution >= 4 is 0 Å². The van der Waals surface area contributed by atoms with Crippen LogP contribution in [0.5, 0.6) is 0 Å². The minimum absolute atomic E-state index is 0.0537. The van der Waals surface area contributed by atoms with Crippen molar-refractivity contribution in [1.82, 2.24) is 15.3 Å². The molecule has 3 nitrogen and oxygen atoms in total. The quantitative estimate of drug-likeness (QED) is 0.870. The van der Waals surface area contributed by atoms with Crippen LogP contribution in [-0.4, -0.2) is 9.97 Å². The van der Waals surface area contributed by atoms with Crippen molar-refractivity contribution < 1.29 is 13.2 Å². The van der Waals surface area contributed by atoms with Crippen LogP contribution in [0.25, 0.3) is 0 Å². The monoisotopic (exact) mass is 245 g/mol. The van der Waals surface area contributed by atoms with E-state index in [1.54, 1.807) is 0 Å². The summed E-state index contributed by atoms with van der Waals surface area (Å²) < 4.78 is 38.6. The minimum atomic E-state index is -4.40. The first-order valence-electron chi connectivity index (χ1n) is 5.61. The third-order valence-electron chi connectivity index (χ3n) is 3.03. The van der Waals surface area contributed by atoms with Gasteiger partial charge in [0, 0.05) is 24.6 Å². The van der Waals surface area contributed by atoms with Crippen molar-refractivity contribution in [3.8, 4) is 0 Å². The molecule has 2 heterocycles. The van der Waals surface area contributed by atoms with Gasteiger partial charge in [-0.1, -0.05) is 13.8 Å². The number of hydrogen-bond donors (Lipinski definition) is 1. The van der Waals surface area contributed by atoms with E-state index >= 15 is 0 Å². The van der Waals surface area contributed by atoms with Crippen molar-refractivity contribution in [2.24, 2.45) is 0 Å². The van der Waals surface area contributed by atoms with Crippen LogP contribution in [0.4, 0.5) is 13.2 Å². The fourth-order valence-electron chi connectivity index (χ4n) is 1.82. The van der Waals surface area contributed by atoms with Gasteiger partial charge in [0.2, 0.25) is 0 Å². The first kappa shape index (κ1) is 12.3. The maximum Gasteiger partial charge on any atom is 0.433 e. The van der Waals surface area contributed by atoms with Crippen LogP contribution in [0, 0.1) is 0 Å². The van der Waals surface area contributed by atoms with Crippen LogP contribution in [0.3, 0.4) is 0 Å². The van der Waals surface area contributed by atoms with Crippen LogP contribution < -0.4 is 5.32 Å². The Balaban J connectivity index is 2.54. The molecule has 1 N–H and O–H groups in total. The number of rotatable bonds is 2. The Kier molecular flexibility index (Phi) is 3.07. The maximum absolute atomic E-state index is 12.9. The van der Waals surface area contributed by atoms with Gasteiger partial charge in [-0.2, -0.15) is 13.2 Å². The molecule has 0 radical (unpaired) electrons. The van der Waals surface area contributed by atoms with Crippen molar-refractivity contribution in [3.05, 3.63) is 22.8 Å². The van der Waals surface area contributed by atoms with Gasteiger partial charge in [-0.25, -0.2) is 9.97 Å². The summed E-state index contributed by atoms with van der Waals surface area (Å²) in [5, 5.41) is 2.88. The molecule has 0 saturated heterocycles. The smallest absolute Gasteiger partial charge is 0.307 e. The fourth-order valence-corrected chi connectivity index (χ4v) is 1.82. The molecule has 1 aliphatic rings. The zero-order valence-corrected chi connectivity index (χ0v) is 9.73. The van der Waals surface area contributed by atoms with Crippen LogP contribution in [0.2, 0.25) is 0 Å². The first-order chi connectivity index (χ1) is 7.93. The van der Waals surface area contributed by atoms with Gasteiger partial charge < -0.3 is 5.32 Å². The molecule has 94 valence electrons. The molecule has 1 aromatic rings. The molecule has 1 aliphatic heterocycles. The van der Waals surface area contributed by atoms with Gasteiger partial charge in [0.05, 0.1) is 5.69 Å². The zero-order valence-electron chi connectivity index (χ0n) is 9.73. The number of aromatic nitrogens is 2. The Morgan fingerprint density at radius 2 is 2.00 bits per heavy atom. The van der Waals surface area contributed by atoms with E-state index in [2.05, 4.69) is 15.3 Å². The van der Waals surface area contributed by atoms with Gasteiger partial charge in [0.15, 0.2) is 5.69 Å². The summed E-state index contributed by atoms with van der Waals surface area (Å²) in [7, 11) is 0. The highest BCUT2D eigenvalue weighted by Crippen LogP contribution is 2.34. The molecule has 17 heavy (non-hydrogen) atoms. The van der Waals surface area contributed by atoms with E-state index in [1.807, 2.05) is 13.8 Å². The van der Waals surface area contributed by atoms with Crippen molar-refractivity contribution in [2.75, 3.05) is 0 Å². The topological polar surface area (TPSA) is 37.8 Å². The highest BCUT2D eigenvalue weighted by molar-refractivity contribution is 5.31. The summed E-state index contributed by atoms with van der Waals surface area (Å²) >= 11 is 0. The molecule has 1 atom stereocenters. The Bertz CT molecular complexity index is 429. The molecule has 1 unspecified atom stereocenters. The third-order valence-corrected chi connectivity index (χ3v) is 3.03. The number of fused-ring (bicyclic) bond motifs is 1. The van der Waals surface area contributed by atoms with E-state index in [-0.39, 0.29) is 18.0 Å². The molecule has 1 aromatic heterocycles. The summed E-state index contributed by atoms with van der Waals surface area (Å²) in [6.07, 6.45) is -3.68. The number of alkyl halides is 3. The molecule has 6 heteroatoms. The summed E-state index contributed by atoms with van der Waals surface area (Å²) in [6, 6.07) is 0. The SMILES string of the molecule is CCC(C)c1nc2c(c(C(F)(F)F)n1)CNC2. The number of nitrogens with one attached hydrogen (secondary N) is 1. The van der Waals surface area contributed by atoms with Crippen LogP contribution in [-0.2, 0) is 19.3 Å². The average molecular weight is 245 g/mol. The highest BCUT2D eigenvalue weighted by Gasteiger charge is 2.38. The van der Waals surface area contributed by atoms with E-state index < -0.39 is 11.9 Å². The van der Waals surface area contributed by atoms with E-state index in [9.17, 15) is 13.2 Å². The van der Waals surface area contributed by atoms with E-state index in [0.717, 1.165) is 6.42 Å². The molecule has 0 fully saturated rings. The summed E-state index contributed by atoms with van der Waals surface area (Å²) in [5.41, 5.74) is -0.0880. The van der Waals surface area contributed by atoms with Gasteiger partial charge in [-0.05, 0) is 6.42 Å². The Labute approximate surface area is 97.5 Å². The van der Waals surface area contributed by atoms with Crippen molar-refractivity contribution in [2.45, 2.75) is 45.5 Å². The fraction of sp³-hybridized carbons (Fsp3) is 0.636. The Hall–Kier alpha value is -1.17. The number of halogens is 3. The molecule has 0 amide bonds. The van der Waals surface area contributed by atoms with Gasteiger partial charge in [0.1, 0.15) is 5.82 Å². The highest BCUT2D eigenvalue weighted by atomic mass is 19.4. The molecular weight excluding hydrogens is 231 g/mol. The maximum atomic E-state index is 12.9. The lowest BCUT2D eigenvalue weighted by molar-refractivity contribution is -0.142. The second-order valence-corrected chi connectivity index (χ2v) is 4.27. The average Bonchev–Trinajstić information content (AvgIpc) is 2.72. The minimum Gasteiger partial charge on any atom is -0.307 e. The van der Waals surface area contributed by atoms with Gasteiger partial charge in [-0.3, -0.25) is 0 Å². The first-order valence-corrected chi connectivity index (χ1v) is 5.61. The molecule has 0 aromatic carbocycles. The van der Waals surface area contributed by atoms with E-state index in [4.69, 9.17) is 0 Å². The standard InChI is InChI=1S/C11H14F3N3/c1-3-6(2)10-16-8-5-15-4-7(8)9(17-10)11(12,13)14/h6,15H,3-5H2,1-2H3. The third kappa shape index (κ3) is 2.26. The number of hydrogen-bond acceptors (Lipinski definition) is 3. The Morgan fingerprint density at radius 1 is 1.29 bits per heavy atom. The molecule has 2 rings (SSSR count). The Morgan fingerprint density at radius 3 is 2.59 bits per heavy atom. The zero-order chi connectivity index (χ0) is 12.6. The van der Waals surface area contributed by atoms with Crippen molar-refractivity contribution in [1.29, 1.82) is 0 Å². The molecule has 0 spiro atoms. The van der Waals surface area contributed by atoms with E-state index in [0.29, 0.717) is 18.1 Å². The van der Waals surface area contributed by atoms with Crippen LogP contribution in [0.1, 0.15) is 49.0 Å². The predicted molar refractivity (Wildman–Crippen MR) is 56.3 cm³/mol. The lowest BCUT2D eigenvalue weighted by atomic mass is 10.1. The normalized spacial score (nSPS) is 17.0. The summed E-state index contributed by atoms with van der Waals surface area (Å²) in [6.45, 7) is 4.34. The lowest BCUT2D eigenvalue weighted by Crippen LogP contribution is -2.16. The number of nitrogens with zero attached hydrogens (tertiary/aromatic N) is 2.